The second-order valence-electron chi connectivity index (χ2n) is 5.51. The first-order valence-corrected chi connectivity index (χ1v) is 9.29. The van der Waals surface area contributed by atoms with Gasteiger partial charge in [-0.3, -0.25) is 4.79 Å². The Kier molecular flexibility index (Phi) is 6.17. The molecule has 0 spiro atoms. The molecule has 0 fully saturated rings. The van der Waals surface area contributed by atoms with E-state index >= 15 is 0 Å². The molecule has 0 heterocycles. The molecule has 0 radical (unpaired) electrons. The fraction of sp³-hybridized carbons (Fsp3) is 0.278. The molecule has 0 aliphatic carbocycles. The van der Waals surface area contributed by atoms with Crippen LogP contribution in [0.1, 0.15) is 12.0 Å². The number of nitrogens with zero attached hydrogens (tertiary/aromatic N) is 1. The number of sulfonamides is 1. The van der Waals surface area contributed by atoms with Gasteiger partial charge in [0.2, 0.25) is 15.9 Å². The van der Waals surface area contributed by atoms with Crippen LogP contribution in [0.5, 0.6) is 5.75 Å². The van der Waals surface area contributed by atoms with Crippen molar-refractivity contribution in [3.8, 4) is 5.75 Å². The van der Waals surface area contributed by atoms with Gasteiger partial charge in [0.05, 0.1) is 12.0 Å². The van der Waals surface area contributed by atoms with Gasteiger partial charge < -0.3 is 9.64 Å². The lowest BCUT2D eigenvalue weighted by atomic mass is 10.1. The van der Waals surface area contributed by atoms with E-state index in [2.05, 4.69) is 4.72 Å². The van der Waals surface area contributed by atoms with Crippen LogP contribution in [0.15, 0.2) is 53.4 Å². The van der Waals surface area contributed by atoms with E-state index in [1.807, 2.05) is 18.2 Å². The molecule has 134 valence electrons. The number of anilines is 1. The summed E-state index contributed by atoms with van der Waals surface area (Å²) >= 11 is 0. The van der Waals surface area contributed by atoms with Crippen molar-refractivity contribution in [3.63, 3.8) is 0 Å². The Morgan fingerprint density at radius 3 is 2.44 bits per heavy atom. The highest BCUT2D eigenvalue weighted by molar-refractivity contribution is 7.89. The molecule has 0 atom stereocenters. The Hall–Kier alpha value is -2.38. The van der Waals surface area contributed by atoms with Crippen LogP contribution in [0.2, 0.25) is 0 Å². The lowest BCUT2D eigenvalue weighted by Gasteiger charge is -2.18. The molecule has 0 bridgehead atoms. The van der Waals surface area contributed by atoms with E-state index in [4.69, 9.17) is 4.74 Å². The molecule has 1 amide bonds. The van der Waals surface area contributed by atoms with E-state index in [1.54, 1.807) is 37.3 Å². The number of carbonyl (C=O) groups is 1. The lowest BCUT2D eigenvalue weighted by Crippen LogP contribution is -2.26. The standard InChI is InChI=1S/C18H22N2O4S/c1-19-25(22,23)17-10-7-14(8-11-17)9-12-18(21)20(2)15-5-4-6-16(13-15)24-3/h4-8,10-11,13,19H,9,12H2,1-3H3. The zero-order valence-corrected chi connectivity index (χ0v) is 15.3. The maximum Gasteiger partial charge on any atom is 0.240 e. The number of aryl methyl sites for hydroxylation is 1. The summed E-state index contributed by atoms with van der Waals surface area (Å²) in [4.78, 5) is 14.2. The summed E-state index contributed by atoms with van der Waals surface area (Å²) < 4.78 is 30.8. The van der Waals surface area contributed by atoms with Gasteiger partial charge in [-0.25, -0.2) is 13.1 Å². The van der Waals surface area contributed by atoms with E-state index in [1.165, 1.54) is 19.2 Å². The summed E-state index contributed by atoms with van der Waals surface area (Å²) in [6, 6.07) is 13.8. The molecular weight excluding hydrogens is 340 g/mol. The Morgan fingerprint density at radius 1 is 1.16 bits per heavy atom. The smallest absolute Gasteiger partial charge is 0.240 e. The van der Waals surface area contributed by atoms with Crippen LogP contribution in [0.3, 0.4) is 0 Å². The molecule has 2 aromatic carbocycles. The molecule has 2 aromatic rings. The molecular formula is C18H22N2O4S. The minimum Gasteiger partial charge on any atom is -0.497 e. The van der Waals surface area contributed by atoms with Crippen LogP contribution in [0.4, 0.5) is 5.69 Å². The monoisotopic (exact) mass is 362 g/mol. The quantitative estimate of drug-likeness (QED) is 0.819. The summed E-state index contributed by atoms with van der Waals surface area (Å²) in [5.41, 5.74) is 1.67. The highest BCUT2D eigenvalue weighted by atomic mass is 32.2. The first-order chi connectivity index (χ1) is 11.9. The third kappa shape index (κ3) is 4.80. The number of rotatable bonds is 7. The Morgan fingerprint density at radius 2 is 1.84 bits per heavy atom. The zero-order valence-electron chi connectivity index (χ0n) is 14.5. The topological polar surface area (TPSA) is 75.7 Å². The molecule has 1 N–H and O–H groups in total. The van der Waals surface area contributed by atoms with Crippen molar-refractivity contribution in [2.75, 3.05) is 26.1 Å². The molecule has 0 aliphatic rings. The number of benzene rings is 2. The molecule has 0 saturated heterocycles. The Balaban J connectivity index is 1.99. The maximum atomic E-state index is 12.4. The average Bonchev–Trinajstić information content (AvgIpc) is 2.65. The van der Waals surface area contributed by atoms with Gasteiger partial charge >= 0.3 is 0 Å². The van der Waals surface area contributed by atoms with Crippen molar-refractivity contribution in [1.29, 1.82) is 0 Å². The summed E-state index contributed by atoms with van der Waals surface area (Å²) in [5.74, 6) is 0.665. The fourth-order valence-electron chi connectivity index (χ4n) is 2.34. The van der Waals surface area contributed by atoms with Crippen LogP contribution in [0.25, 0.3) is 0 Å². The van der Waals surface area contributed by atoms with Crippen molar-refractivity contribution in [2.45, 2.75) is 17.7 Å². The van der Waals surface area contributed by atoms with Crippen LogP contribution in [0, 0.1) is 0 Å². The summed E-state index contributed by atoms with van der Waals surface area (Å²) in [5, 5.41) is 0. The van der Waals surface area contributed by atoms with Gasteiger partial charge in [0.15, 0.2) is 0 Å². The van der Waals surface area contributed by atoms with Crippen LogP contribution < -0.4 is 14.4 Å². The minimum atomic E-state index is -3.44. The number of nitrogens with one attached hydrogen (secondary N) is 1. The molecule has 6 nitrogen and oxygen atoms in total. The van der Waals surface area contributed by atoms with Gasteiger partial charge in [-0.1, -0.05) is 18.2 Å². The summed E-state index contributed by atoms with van der Waals surface area (Å²) in [6.07, 6.45) is 0.860. The number of methoxy groups -OCH3 is 1. The van der Waals surface area contributed by atoms with Crippen molar-refractivity contribution in [3.05, 3.63) is 54.1 Å². The molecule has 25 heavy (non-hydrogen) atoms. The highest BCUT2D eigenvalue weighted by Crippen LogP contribution is 2.21. The third-order valence-electron chi connectivity index (χ3n) is 3.94. The van der Waals surface area contributed by atoms with Gasteiger partial charge in [-0.05, 0) is 43.3 Å². The third-order valence-corrected chi connectivity index (χ3v) is 5.37. The predicted molar refractivity (Wildman–Crippen MR) is 97.4 cm³/mol. The fourth-order valence-corrected chi connectivity index (χ4v) is 3.07. The molecule has 0 aromatic heterocycles. The largest absolute Gasteiger partial charge is 0.497 e. The average molecular weight is 362 g/mol. The first kappa shape index (κ1) is 19.0. The normalized spacial score (nSPS) is 11.2. The van der Waals surface area contributed by atoms with E-state index in [9.17, 15) is 13.2 Å². The second kappa shape index (κ2) is 8.13. The van der Waals surface area contributed by atoms with E-state index in [-0.39, 0.29) is 10.8 Å². The molecule has 7 heteroatoms. The number of amides is 1. The van der Waals surface area contributed by atoms with Crippen LogP contribution in [-0.2, 0) is 21.2 Å². The number of carbonyl (C=O) groups excluding carboxylic acids is 1. The van der Waals surface area contributed by atoms with Crippen LogP contribution >= 0.6 is 0 Å². The van der Waals surface area contributed by atoms with E-state index < -0.39 is 10.0 Å². The molecule has 2 rings (SSSR count). The molecule has 0 saturated carbocycles. The van der Waals surface area contributed by atoms with Gasteiger partial charge in [-0.2, -0.15) is 0 Å². The number of hydrogen-bond donors (Lipinski definition) is 1. The SMILES string of the molecule is CNS(=O)(=O)c1ccc(CCC(=O)N(C)c2cccc(OC)c2)cc1. The van der Waals surface area contributed by atoms with E-state index in [0.29, 0.717) is 18.6 Å². The van der Waals surface area contributed by atoms with Gasteiger partial charge in [0, 0.05) is 25.2 Å². The summed E-state index contributed by atoms with van der Waals surface area (Å²) in [6.45, 7) is 0. The van der Waals surface area contributed by atoms with Gasteiger partial charge in [0.1, 0.15) is 5.75 Å². The number of hydrogen-bond acceptors (Lipinski definition) is 4. The van der Waals surface area contributed by atoms with Crippen LogP contribution in [-0.4, -0.2) is 35.5 Å². The van der Waals surface area contributed by atoms with Crippen molar-refractivity contribution >= 4 is 21.6 Å². The van der Waals surface area contributed by atoms with Crippen molar-refractivity contribution in [2.24, 2.45) is 0 Å². The van der Waals surface area contributed by atoms with Crippen molar-refractivity contribution < 1.29 is 17.9 Å². The minimum absolute atomic E-state index is 0.0276. The van der Waals surface area contributed by atoms with Gasteiger partial charge in [-0.15, -0.1) is 0 Å². The second-order valence-corrected chi connectivity index (χ2v) is 7.39. The highest BCUT2D eigenvalue weighted by Gasteiger charge is 2.13. The van der Waals surface area contributed by atoms with Crippen molar-refractivity contribution in [1.82, 2.24) is 4.72 Å². The molecule has 0 aliphatic heterocycles. The Bertz CT molecular complexity index is 832. The maximum absolute atomic E-state index is 12.4. The molecule has 0 unspecified atom stereocenters. The first-order valence-electron chi connectivity index (χ1n) is 7.80. The van der Waals surface area contributed by atoms with E-state index in [0.717, 1.165) is 11.3 Å². The Labute approximate surface area is 148 Å². The summed E-state index contributed by atoms with van der Waals surface area (Å²) in [7, 11) is 1.24. The zero-order chi connectivity index (χ0) is 18.4. The van der Waals surface area contributed by atoms with Gasteiger partial charge in [0.25, 0.3) is 0 Å². The number of ether oxygens (including phenoxy) is 1. The predicted octanol–water partition coefficient (Wildman–Crippen LogP) is 2.20. The lowest BCUT2D eigenvalue weighted by molar-refractivity contribution is -0.118.